The number of carbonyl (C=O) groups is 1. The van der Waals surface area contributed by atoms with Crippen LogP contribution in [-0.4, -0.2) is 39.8 Å². The molecular formula is C12H14I2O4. The number of aldehydes is 1. The van der Waals surface area contributed by atoms with E-state index in [1.54, 1.807) is 13.2 Å². The topological polar surface area (TPSA) is 44.8 Å². The highest BCUT2D eigenvalue weighted by Crippen LogP contribution is 2.29. The first-order valence-electron chi connectivity index (χ1n) is 5.33. The van der Waals surface area contributed by atoms with Crippen LogP contribution in [0, 0.1) is 7.14 Å². The smallest absolute Gasteiger partial charge is 0.151 e. The molecule has 0 unspecified atom stereocenters. The second kappa shape index (κ2) is 9.05. The Morgan fingerprint density at radius 1 is 1.17 bits per heavy atom. The molecule has 0 aliphatic carbocycles. The molecule has 0 saturated carbocycles. The maximum Gasteiger partial charge on any atom is 0.151 e. The largest absolute Gasteiger partial charge is 0.489 e. The van der Waals surface area contributed by atoms with E-state index in [1.807, 2.05) is 6.07 Å². The second-order valence-corrected chi connectivity index (χ2v) is 5.59. The van der Waals surface area contributed by atoms with Crippen molar-refractivity contribution in [3.8, 4) is 5.75 Å². The third-order valence-electron chi connectivity index (χ3n) is 2.11. The van der Waals surface area contributed by atoms with Crippen molar-refractivity contribution in [3.63, 3.8) is 0 Å². The summed E-state index contributed by atoms with van der Waals surface area (Å²) in [6, 6.07) is 3.66. The van der Waals surface area contributed by atoms with Gasteiger partial charge in [-0.2, -0.15) is 0 Å². The first-order chi connectivity index (χ1) is 8.70. The molecule has 0 aliphatic heterocycles. The molecule has 100 valence electrons. The molecule has 1 rings (SSSR count). The van der Waals surface area contributed by atoms with Crippen LogP contribution >= 0.6 is 45.2 Å². The maximum atomic E-state index is 10.8. The van der Waals surface area contributed by atoms with Gasteiger partial charge in [0, 0.05) is 12.7 Å². The minimum Gasteiger partial charge on any atom is -0.489 e. The van der Waals surface area contributed by atoms with Gasteiger partial charge in [-0.25, -0.2) is 0 Å². The van der Waals surface area contributed by atoms with Gasteiger partial charge < -0.3 is 14.2 Å². The highest BCUT2D eigenvalue weighted by Gasteiger charge is 2.10. The Hall–Kier alpha value is 0.0700. The molecule has 0 radical (unpaired) electrons. The van der Waals surface area contributed by atoms with Gasteiger partial charge in [-0.3, -0.25) is 4.79 Å². The normalized spacial score (nSPS) is 10.4. The third kappa shape index (κ3) is 4.98. The molecule has 0 bridgehead atoms. The van der Waals surface area contributed by atoms with Crippen LogP contribution in [0.25, 0.3) is 0 Å². The first kappa shape index (κ1) is 16.1. The first-order valence-corrected chi connectivity index (χ1v) is 7.49. The van der Waals surface area contributed by atoms with E-state index < -0.39 is 0 Å². The van der Waals surface area contributed by atoms with Crippen LogP contribution in [0.5, 0.6) is 5.75 Å². The molecule has 0 atom stereocenters. The fraction of sp³-hybridized carbons (Fsp3) is 0.417. The number of hydrogen-bond donors (Lipinski definition) is 0. The van der Waals surface area contributed by atoms with Crippen molar-refractivity contribution < 1.29 is 19.0 Å². The lowest BCUT2D eigenvalue weighted by atomic mass is 10.2. The summed E-state index contributed by atoms with van der Waals surface area (Å²) in [5, 5.41) is 0. The van der Waals surface area contributed by atoms with E-state index in [9.17, 15) is 4.79 Å². The monoisotopic (exact) mass is 476 g/mol. The van der Waals surface area contributed by atoms with Crippen molar-refractivity contribution >= 4 is 51.5 Å². The standard InChI is InChI=1S/C12H14I2O4/c1-16-4-5-17-6-7-18-12-10(13)3-2-9(8-15)11(12)14/h2-3,8H,4-7H2,1H3. The van der Waals surface area contributed by atoms with Gasteiger partial charge >= 0.3 is 0 Å². The van der Waals surface area contributed by atoms with Crippen LogP contribution in [0.1, 0.15) is 10.4 Å². The van der Waals surface area contributed by atoms with Gasteiger partial charge in [0.25, 0.3) is 0 Å². The molecule has 1 aromatic rings. The van der Waals surface area contributed by atoms with Gasteiger partial charge in [-0.05, 0) is 57.3 Å². The Bertz CT molecular complexity index is 396. The molecule has 18 heavy (non-hydrogen) atoms. The Morgan fingerprint density at radius 3 is 2.56 bits per heavy atom. The number of methoxy groups -OCH3 is 1. The number of carbonyl (C=O) groups excluding carboxylic acids is 1. The lowest BCUT2D eigenvalue weighted by Gasteiger charge is -2.11. The van der Waals surface area contributed by atoms with Gasteiger partial charge in [-0.15, -0.1) is 0 Å². The van der Waals surface area contributed by atoms with E-state index in [0.29, 0.717) is 32.0 Å². The molecule has 1 aromatic carbocycles. The van der Waals surface area contributed by atoms with Crippen molar-refractivity contribution in [2.45, 2.75) is 0 Å². The van der Waals surface area contributed by atoms with Gasteiger partial charge in [-0.1, -0.05) is 0 Å². The van der Waals surface area contributed by atoms with Crippen LogP contribution in [0.15, 0.2) is 12.1 Å². The van der Waals surface area contributed by atoms with Crippen LogP contribution in [-0.2, 0) is 9.47 Å². The second-order valence-electron chi connectivity index (χ2n) is 3.35. The van der Waals surface area contributed by atoms with E-state index in [2.05, 4.69) is 45.2 Å². The number of rotatable bonds is 8. The minimum absolute atomic E-state index is 0.456. The molecule has 4 nitrogen and oxygen atoms in total. The molecule has 0 aromatic heterocycles. The van der Waals surface area contributed by atoms with Crippen molar-refractivity contribution in [1.82, 2.24) is 0 Å². The van der Waals surface area contributed by atoms with E-state index >= 15 is 0 Å². The number of hydrogen-bond acceptors (Lipinski definition) is 4. The average molecular weight is 476 g/mol. The van der Waals surface area contributed by atoms with E-state index in [0.717, 1.165) is 19.2 Å². The van der Waals surface area contributed by atoms with Crippen LogP contribution in [0.4, 0.5) is 0 Å². The minimum atomic E-state index is 0.456. The molecule has 0 amide bonds. The third-order valence-corrected chi connectivity index (χ3v) is 4.07. The van der Waals surface area contributed by atoms with Crippen LogP contribution in [0.2, 0.25) is 0 Å². The Morgan fingerprint density at radius 2 is 1.89 bits per heavy atom. The van der Waals surface area contributed by atoms with Gasteiger partial charge in [0.2, 0.25) is 0 Å². The summed E-state index contributed by atoms with van der Waals surface area (Å²) in [5.41, 5.74) is 0.645. The SMILES string of the molecule is COCCOCCOc1c(I)ccc(C=O)c1I. The summed E-state index contributed by atoms with van der Waals surface area (Å²) in [4.78, 5) is 10.8. The zero-order valence-electron chi connectivity index (χ0n) is 9.95. The highest BCUT2D eigenvalue weighted by atomic mass is 127. The Balaban J connectivity index is 2.49. The predicted octanol–water partition coefficient (Wildman–Crippen LogP) is 2.75. The maximum absolute atomic E-state index is 10.8. The molecule has 0 spiro atoms. The average Bonchev–Trinajstić information content (AvgIpc) is 2.37. The fourth-order valence-electron chi connectivity index (χ4n) is 1.22. The zero-order chi connectivity index (χ0) is 13.4. The number of halogens is 2. The Kier molecular flexibility index (Phi) is 8.11. The zero-order valence-corrected chi connectivity index (χ0v) is 14.3. The quantitative estimate of drug-likeness (QED) is 0.329. The molecule has 0 heterocycles. The molecule has 0 aliphatic rings. The Labute approximate surface area is 134 Å². The summed E-state index contributed by atoms with van der Waals surface area (Å²) < 4.78 is 17.7. The van der Waals surface area contributed by atoms with Gasteiger partial charge in [0.1, 0.15) is 12.4 Å². The molecule has 0 saturated heterocycles. The highest BCUT2D eigenvalue weighted by molar-refractivity contribution is 14.1. The molecule has 0 fully saturated rings. The predicted molar refractivity (Wildman–Crippen MR) is 85.5 cm³/mol. The van der Waals surface area contributed by atoms with Crippen molar-refractivity contribution in [3.05, 3.63) is 24.8 Å². The summed E-state index contributed by atoms with van der Waals surface area (Å²) in [7, 11) is 1.63. The van der Waals surface area contributed by atoms with E-state index in [4.69, 9.17) is 14.2 Å². The van der Waals surface area contributed by atoms with Crippen molar-refractivity contribution in [2.24, 2.45) is 0 Å². The molecular weight excluding hydrogens is 462 g/mol. The summed E-state index contributed by atoms with van der Waals surface area (Å²) in [6.07, 6.45) is 0.833. The lowest BCUT2D eigenvalue weighted by molar-refractivity contribution is 0.0541. The summed E-state index contributed by atoms with van der Waals surface area (Å²) in [5.74, 6) is 0.746. The van der Waals surface area contributed by atoms with Crippen LogP contribution in [0.3, 0.4) is 0 Å². The molecule has 0 N–H and O–H groups in total. The van der Waals surface area contributed by atoms with Crippen molar-refractivity contribution in [1.29, 1.82) is 0 Å². The fourth-order valence-corrected chi connectivity index (χ4v) is 3.09. The van der Waals surface area contributed by atoms with E-state index in [1.165, 1.54) is 0 Å². The summed E-state index contributed by atoms with van der Waals surface area (Å²) in [6.45, 7) is 2.09. The number of ether oxygens (including phenoxy) is 3. The lowest BCUT2D eigenvalue weighted by Crippen LogP contribution is -2.11. The number of benzene rings is 1. The van der Waals surface area contributed by atoms with Crippen molar-refractivity contribution in [2.75, 3.05) is 33.5 Å². The molecule has 6 heteroatoms. The van der Waals surface area contributed by atoms with Gasteiger partial charge in [0.05, 0.1) is 27.0 Å². The van der Waals surface area contributed by atoms with Crippen LogP contribution < -0.4 is 4.74 Å². The van der Waals surface area contributed by atoms with E-state index in [-0.39, 0.29) is 0 Å². The summed E-state index contributed by atoms with van der Waals surface area (Å²) >= 11 is 4.31. The van der Waals surface area contributed by atoms with Gasteiger partial charge in [0.15, 0.2) is 6.29 Å².